The van der Waals surface area contributed by atoms with Crippen LogP contribution >= 0.6 is 0 Å². The van der Waals surface area contributed by atoms with E-state index in [4.69, 9.17) is 20.6 Å². The van der Waals surface area contributed by atoms with E-state index >= 15 is 0 Å². The summed E-state index contributed by atoms with van der Waals surface area (Å²) in [5.74, 6) is -0.0253. The summed E-state index contributed by atoms with van der Waals surface area (Å²) >= 11 is 0. The van der Waals surface area contributed by atoms with E-state index in [0.29, 0.717) is 35.9 Å². The van der Waals surface area contributed by atoms with Gasteiger partial charge in [-0.3, -0.25) is 10.2 Å². The fourth-order valence-corrected chi connectivity index (χ4v) is 5.08. The Balaban J connectivity index is 1.27. The highest BCUT2D eigenvalue weighted by molar-refractivity contribution is 6.19. The Morgan fingerprint density at radius 1 is 1.05 bits per heavy atom. The van der Waals surface area contributed by atoms with Crippen molar-refractivity contribution >= 4 is 35.0 Å². The number of nitrogens with one attached hydrogen (secondary N) is 2. The summed E-state index contributed by atoms with van der Waals surface area (Å²) in [4.78, 5) is 28.6. The Morgan fingerprint density at radius 2 is 1.79 bits per heavy atom. The Kier molecular flexibility index (Phi) is 6.30. The van der Waals surface area contributed by atoms with Crippen molar-refractivity contribution < 1.29 is 14.3 Å². The van der Waals surface area contributed by atoms with Gasteiger partial charge in [-0.25, -0.2) is 9.98 Å². The number of carbonyl (C=O) groups is 1. The number of anilines is 2. The van der Waals surface area contributed by atoms with Crippen LogP contribution in [0.4, 0.5) is 11.5 Å². The molecular weight excluding hydrogens is 482 g/mol. The fraction of sp³-hybridized carbons (Fsp3) is 0.250. The average molecular weight is 510 g/mol. The number of hydrogen-bond donors (Lipinski definition) is 3. The second kappa shape index (κ2) is 10.1. The molecule has 0 saturated carbocycles. The van der Waals surface area contributed by atoms with Crippen molar-refractivity contribution in [1.82, 2.24) is 4.98 Å². The van der Waals surface area contributed by atoms with Gasteiger partial charge in [-0.1, -0.05) is 48.5 Å². The van der Waals surface area contributed by atoms with Crippen LogP contribution in [0.1, 0.15) is 29.5 Å². The molecule has 0 aliphatic carbocycles. The first-order valence-corrected chi connectivity index (χ1v) is 12.5. The van der Waals surface area contributed by atoms with Gasteiger partial charge in [0.1, 0.15) is 5.82 Å². The molecule has 3 aliphatic heterocycles. The van der Waals surface area contributed by atoms with E-state index in [-0.39, 0.29) is 24.1 Å². The van der Waals surface area contributed by atoms with E-state index in [1.165, 1.54) is 0 Å². The maximum Gasteiger partial charge on any atom is 0.291 e. The number of amides is 1. The molecule has 4 heterocycles. The highest BCUT2D eigenvalue weighted by Crippen LogP contribution is 2.30. The van der Waals surface area contributed by atoms with Crippen LogP contribution in [0.3, 0.4) is 0 Å². The van der Waals surface area contributed by atoms with Crippen LogP contribution in [-0.2, 0) is 14.3 Å². The smallest absolute Gasteiger partial charge is 0.291 e. The number of benzene rings is 2. The van der Waals surface area contributed by atoms with Crippen LogP contribution in [-0.4, -0.2) is 60.0 Å². The molecule has 1 amide bonds. The average Bonchev–Trinajstić information content (AvgIpc) is 3.21. The van der Waals surface area contributed by atoms with E-state index in [0.717, 1.165) is 24.0 Å². The van der Waals surface area contributed by atoms with E-state index < -0.39 is 12.1 Å². The molecule has 0 radical (unpaired) electrons. The third kappa shape index (κ3) is 4.73. The molecule has 3 atom stereocenters. The molecule has 1 aromatic heterocycles. The van der Waals surface area contributed by atoms with Crippen molar-refractivity contribution in [3.8, 4) is 0 Å². The molecule has 2 bridgehead atoms. The normalized spacial score (nSPS) is 22.7. The number of morpholine rings is 1. The quantitative estimate of drug-likeness (QED) is 0.365. The number of rotatable bonds is 4. The summed E-state index contributed by atoms with van der Waals surface area (Å²) in [6, 6.07) is 20.2. The maximum absolute atomic E-state index is 13.1. The molecule has 2 fully saturated rings. The van der Waals surface area contributed by atoms with Gasteiger partial charge < -0.3 is 25.4 Å². The van der Waals surface area contributed by atoms with Crippen molar-refractivity contribution in [3.05, 3.63) is 89.6 Å². The molecule has 3 aromatic rings. The third-order valence-corrected chi connectivity index (χ3v) is 6.80. The topological polar surface area (TPSA) is 138 Å². The number of benzodiazepines with no additional fused rings is 1. The number of ether oxygens (including phenoxy) is 2. The number of amidine groups is 1. The first-order chi connectivity index (χ1) is 18.5. The van der Waals surface area contributed by atoms with Crippen molar-refractivity contribution in [2.24, 2.45) is 15.7 Å². The lowest BCUT2D eigenvalue weighted by Crippen LogP contribution is -2.43. The van der Waals surface area contributed by atoms with Gasteiger partial charge in [0, 0.05) is 30.4 Å². The highest BCUT2D eigenvalue weighted by atomic mass is 16.5. The van der Waals surface area contributed by atoms with E-state index in [9.17, 15) is 4.79 Å². The van der Waals surface area contributed by atoms with Crippen LogP contribution < -0.4 is 16.0 Å². The van der Waals surface area contributed by atoms with Crippen LogP contribution in [0.25, 0.3) is 0 Å². The second-order valence-electron chi connectivity index (χ2n) is 9.39. The predicted octanol–water partition coefficient (Wildman–Crippen LogP) is 2.92. The van der Waals surface area contributed by atoms with Gasteiger partial charge in [0.05, 0.1) is 29.2 Å². The SMILES string of the molecule is N=C(O/C(N)=N/C1N=C(c2ccccc2)c2ccccc2NC1=O)c1cccnc1N1CC2CCC(C1)O2. The largest absolute Gasteiger partial charge is 0.407 e. The number of aliphatic imine (C=N–C) groups is 2. The zero-order chi connectivity index (χ0) is 26.1. The molecule has 192 valence electrons. The zero-order valence-electron chi connectivity index (χ0n) is 20.6. The Bertz CT molecular complexity index is 1430. The van der Waals surface area contributed by atoms with E-state index in [1.54, 1.807) is 18.3 Å². The number of nitrogens with zero attached hydrogens (tertiary/aromatic N) is 4. The minimum atomic E-state index is -1.20. The van der Waals surface area contributed by atoms with Gasteiger partial charge in [0.15, 0.2) is 0 Å². The summed E-state index contributed by atoms with van der Waals surface area (Å²) < 4.78 is 11.5. The number of hydrogen-bond acceptors (Lipinski definition) is 8. The monoisotopic (exact) mass is 509 g/mol. The molecule has 38 heavy (non-hydrogen) atoms. The van der Waals surface area contributed by atoms with Gasteiger partial charge >= 0.3 is 0 Å². The number of pyridine rings is 1. The van der Waals surface area contributed by atoms with Crippen LogP contribution in [0.5, 0.6) is 0 Å². The predicted molar refractivity (Wildman–Crippen MR) is 145 cm³/mol. The number of para-hydroxylation sites is 1. The second-order valence-corrected chi connectivity index (χ2v) is 9.39. The molecule has 10 heteroatoms. The Hall–Kier alpha value is -4.57. The third-order valence-electron chi connectivity index (χ3n) is 6.80. The Morgan fingerprint density at radius 3 is 2.58 bits per heavy atom. The Labute approximate surface area is 219 Å². The van der Waals surface area contributed by atoms with Crippen LogP contribution in [0.2, 0.25) is 0 Å². The maximum atomic E-state index is 13.1. The summed E-state index contributed by atoms with van der Waals surface area (Å²) in [5.41, 5.74) is 9.44. The molecule has 2 aromatic carbocycles. The first kappa shape index (κ1) is 23.8. The summed E-state index contributed by atoms with van der Waals surface area (Å²) in [7, 11) is 0. The molecule has 10 nitrogen and oxygen atoms in total. The molecule has 3 aliphatic rings. The van der Waals surface area contributed by atoms with Crippen molar-refractivity contribution in [1.29, 1.82) is 5.41 Å². The molecular formula is C28H27N7O3. The number of nitrogens with two attached hydrogens (primary N) is 1. The summed E-state index contributed by atoms with van der Waals surface area (Å²) in [5, 5.41) is 11.5. The first-order valence-electron chi connectivity index (χ1n) is 12.5. The van der Waals surface area contributed by atoms with E-state index in [1.807, 2.05) is 54.6 Å². The summed E-state index contributed by atoms with van der Waals surface area (Å²) in [6.07, 6.45) is 2.87. The highest BCUT2D eigenvalue weighted by Gasteiger charge is 2.35. The standard InChI is InChI=1S/C28H27N7O3/c29-24(21-10-6-14-31-26(21)35-15-18-12-13-19(16-35)37-18)38-28(30)34-25-27(36)32-22-11-5-4-9-20(22)23(33-25)17-7-2-1-3-8-17/h1-11,14,18-19,25,29H,12-13,15-16H2,(H2,30,34)(H,32,36). The van der Waals surface area contributed by atoms with Gasteiger partial charge in [-0.05, 0) is 31.0 Å². The van der Waals surface area contributed by atoms with Gasteiger partial charge in [0.2, 0.25) is 12.1 Å². The van der Waals surface area contributed by atoms with Crippen molar-refractivity contribution in [3.63, 3.8) is 0 Å². The van der Waals surface area contributed by atoms with Crippen LogP contribution in [0.15, 0.2) is 82.9 Å². The molecule has 3 unspecified atom stereocenters. The number of carbonyl (C=O) groups excluding carboxylic acids is 1. The lowest BCUT2D eigenvalue weighted by molar-refractivity contribution is -0.117. The van der Waals surface area contributed by atoms with Crippen LogP contribution in [0, 0.1) is 5.41 Å². The molecule has 4 N–H and O–H groups in total. The fourth-order valence-electron chi connectivity index (χ4n) is 5.08. The minimum Gasteiger partial charge on any atom is -0.407 e. The zero-order valence-corrected chi connectivity index (χ0v) is 20.6. The van der Waals surface area contributed by atoms with Gasteiger partial charge in [-0.15, -0.1) is 0 Å². The number of fused-ring (bicyclic) bond motifs is 3. The van der Waals surface area contributed by atoms with Gasteiger partial charge in [0.25, 0.3) is 11.9 Å². The molecule has 2 saturated heterocycles. The van der Waals surface area contributed by atoms with Crippen molar-refractivity contribution in [2.75, 3.05) is 23.3 Å². The lowest BCUT2D eigenvalue weighted by atomic mass is 10.0. The molecule has 0 spiro atoms. The minimum absolute atomic E-state index is 0.167. The lowest BCUT2D eigenvalue weighted by Gasteiger charge is -2.33. The molecule has 6 rings (SSSR count). The van der Waals surface area contributed by atoms with E-state index in [2.05, 4.69) is 25.2 Å². The van der Waals surface area contributed by atoms with Crippen molar-refractivity contribution in [2.45, 2.75) is 31.2 Å². The summed E-state index contributed by atoms with van der Waals surface area (Å²) in [6.45, 7) is 1.41. The number of aromatic nitrogens is 1. The van der Waals surface area contributed by atoms with Gasteiger partial charge in [-0.2, -0.15) is 4.99 Å².